The number of carboxylic acids is 1. The van der Waals surface area contributed by atoms with E-state index in [2.05, 4.69) is 0 Å². The van der Waals surface area contributed by atoms with E-state index < -0.39 is 11.6 Å². The largest absolute Gasteiger partial charge is 0.481 e. The van der Waals surface area contributed by atoms with Gasteiger partial charge in [-0.2, -0.15) is 0 Å². The van der Waals surface area contributed by atoms with Gasteiger partial charge in [-0.3, -0.25) is 4.79 Å². The van der Waals surface area contributed by atoms with Gasteiger partial charge in [-0.15, -0.1) is 0 Å². The highest BCUT2D eigenvalue weighted by atomic mass is 16.4. The maximum atomic E-state index is 10.7. The van der Waals surface area contributed by atoms with Crippen LogP contribution in [0.5, 0.6) is 0 Å². The van der Waals surface area contributed by atoms with Gasteiger partial charge in [0.1, 0.15) is 0 Å². The summed E-state index contributed by atoms with van der Waals surface area (Å²) in [5, 5.41) is 19.3. The molecule has 0 atom stereocenters. The van der Waals surface area contributed by atoms with E-state index in [4.69, 9.17) is 5.11 Å². The van der Waals surface area contributed by atoms with E-state index in [9.17, 15) is 9.90 Å². The number of rotatable bonds is 3. The second-order valence-electron chi connectivity index (χ2n) is 5.80. The molecule has 1 aliphatic carbocycles. The molecule has 106 valence electrons. The Morgan fingerprint density at radius 3 is 1.61 bits per heavy atom. The van der Waals surface area contributed by atoms with Gasteiger partial charge in [-0.05, 0) is 19.3 Å². The van der Waals surface area contributed by atoms with Crippen molar-refractivity contribution in [1.29, 1.82) is 0 Å². The fourth-order valence-electron chi connectivity index (χ4n) is 2.86. The standard InChI is InChI=1S/C15H28O3/c16-14(17)10-13-15(18)11-8-6-4-2-1-3-5-7-9-12-15/h18H,1-13H2,(H,16,17). The lowest BCUT2D eigenvalue weighted by molar-refractivity contribution is -0.138. The van der Waals surface area contributed by atoms with Crippen LogP contribution in [0, 0.1) is 0 Å². The van der Waals surface area contributed by atoms with E-state index >= 15 is 0 Å². The van der Waals surface area contributed by atoms with Gasteiger partial charge in [0.25, 0.3) is 0 Å². The molecule has 0 amide bonds. The molecule has 1 rings (SSSR count). The van der Waals surface area contributed by atoms with Gasteiger partial charge in [0.15, 0.2) is 0 Å². The van der Waals surface area contributed by atoms with Crippen molar-refractivity contribution in [2.24, 2.45) is 0 Å². The van der Waals surface area contributed by atoms with Gasteiger partial charge in [0.2, 0.25) is 0 Å². The Balaban J connectivity index is 2.41. The van der Waals surface area contributed by atoms with Crippen molar-refractivity contribution in [2.45, 2.75) is 89.1 Å². The molecule has 0 aromatic carbocycles. The molecular formula is C15H28O3. The van der Waals surface area contributed by atoms with E-state index in [1.807, 2.05) is 0 Å². The molecule has 2 N–H and O–H groups in total. The fourth-order valence-corrected chi connectivity index (χ4v) is 2.86. The third-order valence-electron chi connectivity index (χ3n) is 4.09. The van der Waals surface area contributed by atoms with Crippen LogP contribution in [0.3, 0.4) is 0 Å². The van der Waals surface area contributed by atoms with Crippen LogP contribution < -0.4 is 0 Å². The van der Waals surface area contributed by atoms with E-state index in [0.717, 1.165) is 25.7 Å². The first-order chi connectivity index (χ1) is 8.62. The minimum absolute atomic E-state index is 0.0937. The summed E-state index contributed by atoms with van der Waals surface area (Å²) >= 11 is 0. The first kappa shape index (κ1) is 15.5. The summed E-state index contributed by atoms with van der Waals surface area (Å²) in [6.45, 7) is 0. The molecule has 3 heteroatoms. The molecule has 0 radical (unpaired) electrons. The van der Waals surface area contributed by atoms with Crippen LogP contribution >= 0.6 is 0 Å². The van der Waals surface area contributed by atoms with E-state index in [1.165, 1.54) is 44.9 Å². The van der Waals surface area contributed by atoms with Crippen molar-refractivity contribution in [1.82, 2.24) is 0 Å². The lowest BCUT2D eigenvalue weighted by atomic mass is 9.85. The quantitative estimate of drug-likeness (QED) is 0.805. The van der Waals surface area contributed by atoms with E-state index in [0.29, 0.717) is 6.42 Å². The second kappa shape index (κ2) is 8.52. The zero-order valence-electron chi connectivity index (χ0n) is 11.5. The third-order valence-corrected chi connectivity index (χ3v) is 4.09. The summed E-state index contributed by atoms with van der Waals surface area (Å²) in [4.78, 5) is 10.7. The van der Waals surface area contributed by atoms with Crippen molar-refractivity contribution in [2.75, 3.05) is 0 Å². The van der Waals surface area contributed by atoms with Crippen LogP contribution in [0.2, 0.25) is 0 Å². The number of aliphatic hydroxyl groups is 1. The Morgan fingerprint density at radius 2 is 1.22 bits per heavy atom. The van der Waals surface area contributed by atoms with Crippen molar-refractivity contribution in [3.05, 3.63) is 0 Å². The molecule has 0 bridgehead atoms. The maximum Gasteiger partial charge on any atom is 0.303 e. The van der Waals surface area contributed by atoms with Crippen LogP contribution in [0.1, 0.15) is 83.5 Å². The molecule has 0 aliphatic heterocycles. The molecule has 0 saturated heterocycles. The molecule has 3 nitrogen and oxygen atoms in total. The van der Waals surface area contributed by atoms with Crippen LogP contribution in [-0.4, -0.2) is 21.8 Å². The molecule has 1 saturated carbocycles. The van der Waals surface area contributed by atoms with Gasteiger partial charge in [0, 0.05) is 6.42 Å². The molecular weight excluding hydrogens is 228 g/mol. The van der Waals surface area contributed by atoms with Crippen molar-refractivity contribution in [3.8, 4) is 0 Å². The molecule has 0 heterocycles. The van der Waals surface area contributed by atoms with E-state index in [-0.39, 0.29) is 6.42 Å². The van der Waals surface area contributed by atoms with Crippen molar-refractivity contribution in [3.63, 3.8) is 0 Å². The summed E-state index contributed by atoms with van der Waals surface area (Å²) < 4.78 is 0. The molecule has 0 unspecified atom stereocenters. The van der Waals surface area contributed by atoms with Crippen molar-refractivity contribution >= 4 is 5.97 Å². The molecule has 1 fully saturated rings. The predicted octanol–water partition coefficient (Wildman–Crippen LogP) is 3.89. The summed E-state index contributed by atoms with van der Waals surface area (Å²) in [5.41, 5.74) is -0.725. The van der Waals surface area contributed by atoms with Crippen LogP contribution in [0.25, 0.3) is 0 Å². The van der Waals surface area contributed by atoms with Gasteiger partial charge < -0.3 is 10.2 Å². The molecule has 0 aromatic heterocycles. The maximum absolute atomic E-state index is 10.7. The van der Waals surface area contributed by atoms with Crippen LogP contribution in [0.4, 0.5) is 0 Å². The zero-order chi connectivity index (χ0) is 13.3. The number of hydrogen-bond acceptors (Lipinski definition) is 2. The van der Waals surface area contributed by atoms with Gasteiger partial charge >= 0.3 is 5.97 Å². The van der Waals surface area contributed by atoms with Gasteiger partial charge in [-0.1, -0.05) is 57.8 Å². The zero-order valence-corrected chi connectivity index (χ0v) is 11.5. The Hall–Kier alpha value is -0.570. The Bertz CT molecular complexity index is 226. The van der Waals surface area contributed by atoms with Crippen LogP contribution in [-0.2, 0) is 4.79 Å². The first-order valence-electron chi connectivity index (χ1n) is 7.57. The second-order valence-corrected chi connectivity index (χ2v) is 5.80. The minimum atomic E-state index is -0.797. The van der Waals surface area contributed by atoms with Gasteiger partial charge in [0.05, 0.1) is 5.60 Å². The lowest BCUT2D eigenvalue weighted by Crippen LogP contribution is -2.29. The average molecular weight is 256 g/mol. The number of aliphatic carboxylic acids is 1. The molecule has 1 aliphatic rings. The average Bonchev–Trinajstić information content (AvgIpc) is 2.32. The summed E-state index contributed by atoms with van der Waals surface area (Å²) in [6, 6.07) is 0. The fraction of sp³-hybridized carbons (Fsp3) is 0.933. The highest BCUT2D eigenvalue weighted by Crippen LogP contribution is 2.28. The van der Waals surface area contributed by atoms with Crippen LogP contribution in [0.15, 0.2) is 0 Å². The highest BCUT2D eigenvalue weighted by molar-refractivity contribution is 5.66. The summed E-state index contributed by atoms with van der Waals surface area (Å²) in [6.07, 6.45) is 13.0. The lowest BCUT2D eigenvalue weighted by Gasteiger charge is -2.28. The summed E-state index contributed by atoms with van der Waals surface area (Å²) in [7, 11) is 0. The monoisotopic (exact) mass is 256 g/mol. The number of carbonyl (C=O) groups is 1. The highest BCUT2D eigenvalue weighted by Gasteiger charge is 2.26. The topological polar surface area (TPSA) is 57.5 Å². The van der Waals surface area contributed by atoms with Gasteiger partial charge in [-0.25, -0.2) is 0 Å². The summed E-state index contributed by atoms with van der Waals surface area (Å²) in [5.74, 6) is -0.797. The molecule has 0 aromatic rings. The smallest absolute Gasteiger partial charge is 0.303 e. The Labute approximate surface area is 111 Å². The first-order valence-corrected chi connectivity index (χ1v) is 7.57. The Kier molecular flexibility index (Phi) is 7.33. The molecule has 0 spiro atoms. The predicted molar refractivity (Wildman–Crippen MR) is 72.6 cm³/mol. The van der Waals surface area contributed by atoms with E-state index in [1.54, 1.807) is 0 Å². The molecule has 18 heavy (non-hydrogen) atoms. The third kappa shape index (κ3) is 7.00. The SMILES string of the molecule is O=C(O)CCC1(O)CCCCCCCCCCC1. The Morgan fingerprint density at radius 1 is 0.833 bits per heavy atom. The van der Waals surface area contributed by atoms with Crippen molar-refractivity contribution < 1.29 is 15.0 Å². The number of hydrogen-bond donors (Lipinski definition) is 2. The number of carboxylic acid groups (broad SMARTS) is 1. The minimum Gasteiger partial charge on any atom is -0.481 e. The normalized spacial score (nSPS) is 22.7.